The summed E-state index contributed by atoms with van der Waals surface area (Å²) < 4.78 is 46.0. The van der Waals surface area contributed by atoms with E-state index in [-0.39, 0.29) is 29.9 Å². The van der Waals surface area contributed by atoms with E-state index in [0.29, 0.717) is 18.6 Å². The van der Waals surface area contributed by atoms with Crippen LogP contribution in [0.5, 0.6) is 5.75 Å². The Hall–Kier alpha value is -2.02. The second-order valence-electron chi connectivity index (χ2n) is 8.39. The van der Waals surface area contributed by atoms with Crippen LogP contribution in [0.2, 0.25) is 0 Å². The summed E-state index contributed by atoms with van der Waals surface area (Å²) in [5.41, 5.74) is 1.13. The largest absolute Gasteiger partial charge is 0.490 e. The van der Waals surface area contributed by atoms with Gasteiger partial charge in [0, 0.05) is 5.92 Å². The number of carbonyl (C=O) groups is 1. The van der Waals surface area contributed by atoms with Crippen LogP contribution in [0.15, 0.2) is 30.4 Å². The molecule has 4 nitrogen and oxygen atoms in total. The third kappa shape index (κ3) is 5.17. The van der Waals surface area contributed by atoms with Crippen LogP contribution in [0.25, 0.3) is 0 Å². The number of benzene rings is 1. The van der Waals surface area contributed by atoms with Crippen molar-refractivity contribution in [2.45, 2.75) is 70.3 Å². The van der Waals surface area contributed by atoms with Gasteiger partial charge in [0.05, 0.1) is 17.6 Å². The third-order valence-corrected chi connectivity index (χ3v) is 6.41. The topological polar surface area (TPSA) is 66.8 Å². The summed E-state index contributed by atoms with van der Waals surface area (Å²) in [6.07, 6.45) is 1.06. The van der Waals surface area contributed by atoms with E-state index in [0.717, 1.165) is 31.2 Å². The fourth-order valence-corrected chi connectivity index (χ4v) is 4.68. The van der Waals surface area contributed by atoms with E-state index in [9.17, 15) is 28.2 Å². The van der Waals surface area contributed by atoms with Crippen molar-refractivity contribution in [2.75, 3.05) is 0 Å². The van der Waals surface area contributed by atoms with Crippen molar-refractivity contribution in [1.29, 1.82) is 0 Å². The number of alkyl halides is 3. The summed E-state index contributed by atoms with van der Waals surface area (Å²) in [7, 11) is 0. The lowest BCUT2D eigenvalue weighted by molar-refractivity contribution is -0.195. The van der Waals surface area contributed by atoms with Crippen LogP contribution in [0.3, 0.4) is 0 Å². The number of aryl methyl sites for hydroxylation is 1. The highest BCUT2D eigenvalue weighted by molar-refractivity contribution is 5.88. The fraction of sp³-hybridized carbons (Fsp3) is 0.609. The minimum Gasteiger partial charge on any atom is -0.490 e. The van der Waals surface area contributed by atoms with Gasteiger partial charge < -0.3 is 14.9 Å². The van der Waals surface area contributed by atoms with Crippen molar-refractivity contribution >= 4 is 5.97 Å². The Morgan fingerprint density at radius 1 is 1.30 bits per heavy atom. The highest BCUT2D eigenvalue weighted by Gasteiger charge is 2.43. The first-order valence-corrected chi connectivity index (χ1v) is 10.7. The van der Waals surface area contributed by atoms with E-state index in [1.54, 1.807) is 24.3 Å². The van der Waals surface area contributed by atoms with Crippen LogP contribution in [-0.2, 0) is 6.42 Å². The normalized spacial score (nSPS) is 25.8. The maximum atomic E-state index is 13.3. The number of halogens is 3. The maximum absolute atomic E-state index is 13.3. The minimum absolute atomic E-state index is 0.0398. The van der Waals surface area contributed by atoms with Gasteiger partial charge in [-0.15, -0.1) is 0 Å². The fourth-order valence-electron chi connectivity index (χ4n) is 4.68. The van der Waals surface area contributed by atoms with Crippen LogP contribution < -0.4 is 4.74 Å². The second kappa shape index (κ2) is 9.41. The number of hydrogen-bond acceptors (Lipinski definition) is 3. The predicted octanol–water partition coefficient (Wildman–Crippen LogP) is 5.39. The number of aliphatic hydroxyl groups is 1. The summed E-state index contributed by atoms with van der Waals surface area (Å²) in [6, 6.07) is 4.89. The average Bonchev–Trinajstić information content (AvgIpc) is 2.95. The van der Waals surface area contributed by atoms with Gasteiger partial charge in [-0.25, -0.2) is 4.79 Å². The number of aromatic carboxylic acids is 1. The first-order valence-electron chi connectivity index (χ1n) is 10.7. The zero-order valence-corrected chi connectivity index (χ0v) is 17.1. The van der Waals surface area contributed by atoms with Crippen molar-refractivity contribution < 1.29 is 32.9 Å². The molecule has 0 amide bonds. The predicted molar refractivity (Wildman–Crippen MR) is 107 cm³/mol. The van der Waals surface area contributed by atoms with E-state index in [1.807, 2.05) is 6.92 Å². The van der Waals surface area contributed by atoms with E-state index in [1.165, 1.54) is 6.08 Å². The summed E-state index contributed by atoms with van der Waals surface area (Å²) in [4.78, 5) is 11.2. The van der Waals surface area contributed by atoms with Gasteiger partial charge in [-0.05, 0) is 55.7 Å². The van der Waals surface area contributed by atoms with E-state index < -0.39 is 24.2 Å². The van der Waals surface area contributed by atoms with Crippen molar-refractivity contribution in [1.82, 2.24) is 0 Å². The zero-order valence-electron chi connectivity index (χ0n) is 17.1. The molecule has 1 fully saturated rings. The molecule has 2 N–H and O–H groups in total. The molecule has 1 aromatic rings. The Labute approximate surface area is 174 Å². The van der Waals surface area contributed by atoms with E-state index in [2.05, 4.69) is 0 Å². The number of allylic oxidation sites excluding steroid dienone is 1. The SMILES string of the molecule is CCCCC(C(O)/C=C/[C@H]1CC[C@@H]2Oc3cc(C(=O)O)ccc3CC[C@@H]21)C(F)(F)F. The Morgan fingerprint density at radius 3 is 2.73 bits per heavy atom. The number of hydrogen-bond donors (Lipinski definition) is 2. The molecule has 1 aliphatic carbocycles. The molecule has 30 heavy (non-hydrogen) atoms. The molecule has 7 heteroatoms. The molecule has 0 spiro atoms. The lowest BCUT2D eigenvalue weighted by atomic mass is 9.87. The Balaban J connectivity index is 1.69. The van der Waals surface area contributed by atoms with E-state index in [4.69, 9.17) is 4.74 Å². The second-order valence-corrected chi connectivity index (χ2v) is 8.39. The van der Waals surface area contributed by atoms with Gasteiger partial charge in [-0.2, -0.15) is 13.2 Å². The van der Waals surface area contributed by atoms with Crippen LogP contribution in [0, 0.1) is 17.8 Å². The molecule has 0 saturated heterocycles. The van der Waals surface area contributed by atoms with Gasteiger partial charge in [-0.1, -0.05) is 38.0 Å². The molecule has 1 saturated carbocycles. The number of carboxylic acid groups (broad SMARTS) is 1. The number of carboxylic acids is 1. The molecule has 1 aromatic carbocycles. The minimum atomic E-state index is -4.42. The molecule has 1 aliphatic heterocycles. The van der Waals surface area contributed by atoms with Gasteiger partial charge in [0.1, 0.15) is 11.9 Å². The number of rotatable bonds is 7. The van der Waals surface area contributed by atoms with Crippen molar-refractivity contribution in [3.05, 3.63) is 41.5 Å². The molecular formula is C23H29F3O4. The Kier molecular flexibility index (Phi) is 7.11. The standard InChI is InChI=1S/C23H29F3O4/c1-2-3-4-18(23(24,25)26)19(27)11-8-14-9-12-20-17(14)10-7-15-5-6-16(22(28)29)13-21(15)30-20/h5-6,8,11,13-14,17-20,27H,2-4,7,9-10,12H2,1H3,(H,28,29)/b11-8+/t14-,17+,18?,19?,20-/m0/s1. The number of ether oxygens (including phenoxy) is 1. The summed E-state index contributed by atoms with van der Waals surface area (Å²) in [5, 5.41) is 19.4. The Bertz CT molecular complexity index is 774. The molecule has 1 heterocycles. The van der Waals surface area contributed by atoms with Gasteiger partial charge in [0.25, 0.3) is 0 Å². The van der Waals surface area contributed by atoms with Crippen molar-refractivity contribution in [3.63, 3.8) is 0 Å². The molecule has 0 bridgehead atoms. The number of fused-ring (bicyclic) bond motifs is 2. The lowest BCUT2D eigenvalue weighted by Gasteiger charge is -2.24. The Morgan fingerprint density at radius 2 is 2.07 bits per heavy atom. The molecule has 2 unspecified atom stereocenters. The average molecular weight is 426 g/mol. The highest BCUT2D eigenvalue weighted by atomic mass is 19.4. The van der Waals surface area contributed by atoms with E-state index >= 15 is 0 Å². The number of unbranched alkanes of at least 4 members (excludes halogenated alkanes) is 1. The summed E-state index contributed by atoms with van der Waals surface area (Å²) >= 11 is 0. The van der Waals surface area contributed by atoms with Gasteiger partial charge >= 0.3 is 12.1 Å². The third-order valence-electron chi connectivity index (χ3n) is 6.41. The molecule has 2 aliphatic rings. The van der Waals surface area contributed by atoms with Crippen LogP contribution in [-0.4, -0.2) is 34.6 Å². The maximum Gasteiger partial charge on any atom is 0.394 e. The number of aliphatic hydroxyl groups excluding tert-OH is 1. The molecule has 0 radical (unpaired) electrons. The quantitative estimate of drug-likeness (QED) is 0.574. The summed E-state index contributed by atoms with van der Waals surface area (Å²) in [6.45, 7) is 1.83. The molecule has 0 aromatic heterocycles. The molecule has 3 rings (SSSR count). The zero-order chi connectivity index (χ0) is 21.9. The molecule has 5 atom stereocenters. The monoisotopic (exact) mass is 426 g/mol. The van der Waals surface area contributed by atoms with Gasteiger partial charge in [0.15, 0.2) is 0 Å². The van der Waals surface area contributed by atoms with Crippen molar-refractivity contribution in [3.8, 4) is 5.75 Å². The highest BCUT2D eigenvalue weighted by Crippen LogP contribution is 2.43. The molecular weight excluding hydrogens is 397 g/mol. The smallest absolute Gasteiger partial charge is 0.394 e. The van der Waals surface area contributed by atoms with Crippen LogP contribution >= 0.6 is 0 Å². The first-order chi connectivity index (χ1) is 14.2. The van der Waals surface area contributed by atoms with Crippen molar-refractivity contribution in [2.24, 2.45) is 17.8 Å². The lowest BCUT2D eigenvalue weighted by Crippen LogP contribution is -2.33. The molecule has 166 valence electrons. The van der Waals surface area contributed by atoms with Gasteiger partial charge in [0.2, 0.25) is 0 Å². The summed E-state index contributed by atoms with van der Waals surface area (Å²) in [5.74, 6) is -1.99. The van der Waals surface area contributed by atoms with Crippen LogP contribution in [0.1, 0.15) is 61.4 Å². The van der Waals surface area contributed by atoms with Gasteiger partial charge in [-0.3, -0.25) is 0 Å². The van der Waals surface area contributed by atoms with Crippen LogP contribution in [0.4, 0.5) is 13.2 Å². The first kappa shape index (κ1) is 22.7.